The Labute approximate surface area is 182 Å². The van der Waals surface area contributed by atoms with E-state index in [-0.39, 0.29) is 5.91 Å². The maximum Gasteiger partial charge on any atom is 0.259 e. The average Bonchev–Trinajstić information content (AvgIpc) is 2.85. The minimum absolute atomic E-state index is 0.223. The summed E-state index contributed by atoms with van der Waals surface area (Å²) in [7, 11) is 0. The van der Waals surface area contributed by atoms with Gasteiger partial charge in [-0.05, 0) is 52.5 Å². The Bertz CT molecular complexity index is 1130. The summed E-state index contributed by atoms with van der Waals surface area (Å²) in [5.41, 5.74) is 3.87. The Morgan fingerprint density at radius 3 is 2.62 bits per heavy atom. The topological polar surface area (TPSA) is 58.1 Å². The van der Waals surface area contributed by atoms with E-state index >= 15 is 0 Å². The number of carbonyl (C=O) groups excluding carboxylic acids is 1. The molecule has 0 fully saturated rings. The first-order valence-electron chi connectivity index (χ1n) is 9.17. The van der Waals surface area contributed by atoms with Crippen molar-refractivity contribution in [1.82, 2.24) is 9.97 Å². The van der Waals surface area contributed by atoms with Crippen molar-refractivity contribution in [2.75, 3.05) is 16.8 Å². The highest BCUT2D eigenvalue weighted by Gasteiger charge is 2.29. The Kier molecular flexibility index (Phi) is 5.39. The normalized spacial score (nSPS) is 13.1. The fourth-order valence-electron chi connectivity index (χ4n) is 3.26. The van der Waals surface area contributed by atoms with Crippen LogP contribution in [0.25, 0.3) is 12.2 Å². The molecule has 1 aromatic carbocycles. The number of rotatable bonds is 3. The molecule has 0 saturated carbocycles. The number of hydrogen-bond acceptors (Lipinski definition) is 4. The van der Waals surface area contributed by atoms with Crippen LogP contribution in [-0.2, 0) is 0 Å². The van der Waals surface area contributed by atoms with Crippen molar-refractivity contribution in [3.8, 4) is 0 Å². The van der Waals surface area contributed by atoms with E-state index in [4.69, 9.17) is 11.6 Å². The first-order valence-corrected chi connectivity index (χ1v) is 10.3. The predicted octanol–water partition coefficient (Wildman–Crippen LogP) is 6.10. The molecular formula is C22H18BrClN4O. The highest BCUT2D eigenvalue weighted by Crippen LogP contribution is 2.41. The lowest BCUT2D eigenvalue weighted by Gasteiger charge is -2.23. The summed E-state index contributed by atoms with van der Waals surface area (Å²) in [5.74, 6) is 0.926. The minimum atomic E-state index is -0.223. The Morgan fingerprint density at radius 2 is 1.90 bits per heavy atom. The molecule has 0 spiro atoms. The largest absolute Gasteiger partial charge is 0.318 e. The van der Waals surface area contributed by atoms with Crippen molar-refractivity contribution in [2.45, 2.75) is 13.8 Å². The molecule has 1 N–H and O–H groups in total. The first-order chi connectivity index (χ1) is 14.0. The Hall–Kier alpha value is -2.70. The molecule has 0 bridgehead atoms. The number of aromatic nitrogens is 2. The second kappa shape index (κ2) is 7.97. The summed E-state index contributed by atoms with van der Waals surface area (Å²) >= 11 is 9.73. The lowest BCUT2D eigenvalue weighted by atomic mass is 10.1. The number of benzene rings is 1. The van der Waals surface area contributed by atoms with E-state index in [0.29, 0.717) is 39.1 Å². The van der Waals surface area contributed by atoms with E-state index in [1.807, 2.05) is 67.3 Å². The molecule has 146 valence electrons. The van der Waals surface area contributed by atoms with Crippen LogP contribution in [0.2, 0.25) is 5.15 Å². The maximum absolute atomic E-state index is 13.0. The molecule has 1 amide bonds. The van der Waals surface area contributed by atoms with Crippen LogP contribution in [-0.4, -0.2) is 22.4 Å². The van der Waals surface area contributed by atoms with Gasteiger partial charge in [-0.15, -0.1) is 0 Å². The van der Waals surface area contributed by atoms with Crippen molar-refractivity contribution in [2.24, 2.45) is 0 Å². The summed E-state index contributed by atoms with van der Waals surface area (Å²) in [5, 5.41) is 3.33. The van der Waals surface area contributed by atoms with Gasteiger partial charge in [0.2, 0.25) is 0 Å². The second-order valence-corrected chi connectivity index (χ2v) is 7.77. The van der Waals surface area contributed by atoms with Gasteiger partial charge in [0.15, 0.2) is 5.82 Å². The van der Waals surface area contributed by atoms with Crippen molar-refractivity contribution in [3.05, 3.63) is 74.5 Å². The molecule has 4 rings (SSSR count). The summed E-state index contributed by atoms with van der Waals surface area (Å²) in [6.45, 7) is 4.47. The van der Waals surface area contributed by atoms with Gasteiger partial charge in [-0.1, -0.05) is 54.1 Å². The highest BCUT2D eigenvalue weighted by molar-refractivity contribution is 9.10. The monoisotopic (exact) mass is 468 g/mol. The van der Waals surface area contributed by atoms with Crippen LogP contribution >= 0.6 is 27.5 Å². The Morgan fingerprint density at radius 1 is 1.17 bits per heavy atom. The van der Waals surface area contributed by atoms with Gasteiger partial charge < -0.3 is 10.2 Å². The van der Waals surface area contributed by atoms with E-state index in [9.17, 15) is 4.79 Å². The number of nitrogens with zero attached hydrogens (tertiary/aromatic N) is 3. The molecule has 0 saturated heterocycles. The quantitative estimate of drug-likeness (QED) is 0.471. The molecule has 7 heteroatoms. The number of pyridine rings is 2. The molecule has 0 atom stereocenters. The molecule has 0 radical (unpaired) electrons. The molecule has 1 aliphatic rings. The SMILES string of the molecule is CCN1c2ncc(/C=C/c3ccccc3)cc2C(=O)Nc2c1nc(Cl)c(Br)c2C. The molecule has 0 aliphatic carbocycles. The van der Waals surface area contributed by atoms with E-state index in [1.165, 1.54) is 0 Å². The van der Waals surface area contributed by atoms with Crippen LogP contribution < -0.4 is 10.2 Å². The molecule has 2 aromatic heterocycles. The van der Waals surface area contributed by atoms with Crippen LogP contribution in [0.15, 0.2) is 47.1 Å². The van der Waals surface area contributed by atoms with Gasteiger partial charge >= 0.3 is 0 Å². The fourth-order valence-corrected chi connectivity index (χ4v) is 3.77. The third-order valence-corrected chi connectivity index (χ3v) is 6.25. The minimum Gasteiger partial charge on any atom is -0.318 e. The van der Waals surface area contributed by atoms with Gasteiger partial charge in [0.05, 0.1) is 15.7 Å². The van der Waals surface area contributed by atoms with Crippen LogP contribution in [0.1, 0.15) is 34.0 Å². The van der Waals surface area contributed by atoms with Gasteiger partial charge in [0.1, 0.15) is 11.0 Å². The summed E-state index contributed by atoms with van der Waals surface area (Å²) in [4.78, 5) is 24.0. The fraction of sp³-hybridized carbons (Fsp3) is 0.136. The third kappa shape index (κ3) is 3.66. The second-order valence-electron chi connectivity index (χ2n) is 6.62. The molecule has 3 heterocycles. The number of anilines is 3. The number of carbonyl (C=O) groups is 1. The van der Waals surface area contributed by atoms with Crippen LogP contribution in [0.3, 0.4) is 0 Å². The molecule has 1 aliphatic heterocycles. The standard InChI is InChI=1S/C22H18BrClN4O/c1-3-28-20-16(11-15(12-25-20)10-9-14-7-5-4-6-8-14)22(29)26-18-13(2)17(23)19(24)27-21(18)28/h4-12H,3H2,1-2H3,(H,26,29)/b10-9+. The molecule has 29 heavy (non-hydrogen) atoms. The summed E-state index contributed by atoms with van der Waals surface area (Å²) < 4.78 is 0.666. The maximum atomic E-state index is 13.0. The van der Waals surface area contributed by atoms with Crippen molar-refractivity contribution < 1.29 is 4.79 Å². The number of fused-ring (bicyclic) bond motifs is 2. The molecule has 0 unspecified atom stereocenters. The number of amides is 1. The predicted molar refractivity (Wildman–Crippen MR) is 122 cm³/mol. The van der Waals surface area contributed by atoms with Crippen molar-refractivity contribution in [3.63, 3.8) is 0 Å². The number of nitrogens with one attached hydrogen (secondary N) is 1. The van der Waals surface area contributed by atoms with E-state index in [1.54, 1.807) is 6.20 Å². The summed E-state index contributed by atoms with van der Waals surface area (Å²) in [6, 6.07) is 11.8. The smallest absolute Gasteiger partial charge is 0.259 e. The van der Waals surface area contributed by atoms with Gasteiger partial charge in [-0.2, -0.15) is 0 Å². The van der Waals surface area contributed by atoms with Crippen molar-refractivity contribution >= 4 is 62.9 Å². The van der Waals surface area contributed by atoms with Gasteiger partial charge in [0.25, 0.3) is 5.91 Å². The zero-order chi connectivity index (χ0) is 20.5. The molecular weight excluding hydrogens is 452 g/mol. The summed E-state index contributed by atoms with van der Waals surface area (Å²) in [6.07, 6.45) is 5.70. The number of halogens is 2. The Balaban J connectivity index is 1.80. The van der Waals surface area contributed by atoms with Crippen LogP contribution in [0.5, 0.6) is 0 Å². The van der Waals surface area contributed by atoms with Gasteiger partial charge in [-0.3, -0.25) is 4.79 Å². The molecule has 5 nitrogen and oxygen atoms in total. The van der Waals surface area contributed by atoms with Crippen LogP contribution in [0, 0.1) is 6.92 Å². The molecule has 3 aromatic rings. The van der Waals surface area contributed by atoms with Crippen molar-refractivity contribution in [1.29, 1.82) is 0 Å². The lowest BCUT2D eigenvalue weighted by molar-refractivity contribution is 0.102. The van der Waals surface area contributed by atoms with E-state index < -0.39 is 0 Å². The van der Waals surface area contributed by atoms with Crippen LogP contribution in [0.4, 0.5) is 17.3 Å². The third-order valence-electron chi connectivity index (χ3n) is 4.78. The van der Waals surface area contributed by atoms with E-state index in [0.717, 1.165) is 16.7 Å². The zero-order valence-corrected chi connectivity index (χ0v) is 18.3. The van der Waals surface area contributed by atoms with Gasteiger partial charge in [0, 0.05) is 12.7 Å². The van der Waals surface area contributed by atoms with Gasteiger partial charge in [-0.25, -0.2) is 9.97 Å². The zero-order valence-electron chi connectivity index (χ0n) is 15.9. The number of hydrogen-bond donors (Lipinski definition) is 1. The first kappa shape index (κ1) is 19.6. The lowest BCUT2D eigenvalue weighted by Crippen LogP contribution is -2.20. The van der Waals surface area contributed by atoms with E-state index in [2.05, 4.69) is 31.2 Å². The average molecular weight is 470 g/mol. The highest BCUT2D eigenvalue weighted by atomic mass is 79.9.